The summed E-state index contributed by atoms with van der Waals surface area (Å²) in [6, 6.07) is 24.7. The van der Waals surface area contributed by atoms with Crippen LogP contribution in [0.5, 0.6) is 0 Å². The fourth-order valence-corrected chi connectivity index (χ4v) is 5.53. The lowest BCUT2D eigenvalue weighted by molar-refractivity contribution is -0.660. The smallest absolute Gasteiger partial charge is 0.200 e. The molecule has 1 heteroatoms. The summed E-state index contributed by atoms with van der Waals surface area (Å²) in [7, 11) is 2.20. The molecule has 0 aliphatic heterocycles. The molecule has 3 aromatic carbocycles. The van der Waals surface area contributed by atoms with E-state index in [0.29, 0.717) is 0 Å². The molecule has 0 fully saturated rings. The number of aryl methyl sites for hydroxylation is 3. The summed E-state index contributed by atoms with van der Waals surface area (Å²) < 4.78 is 2.34. The lowest BCUT2D eigenvalue weighted by Crippen LogP contribution is -2.32. The number of rotatable bonds is 3. The Hall–Kier alpha value is -3.19. The van der Waals surface area contributed by atoms with E-state index in [1.807, 2.05) is 0 Å². The molecule has 0 bridgehead atoms. The van der Waals surface area contributed by atoms with Crippen molar-refractivity contribution in [1.82, 2.24) is 0 Å². The molecule has 1 heterocycles. The molecule has 1 aliphatic carbocycles. The summed E-state index contributed by atoms with van der Waals surface area (Å²) >= 11 is 0. The van der Waals surface area contributed by atoms with Crippen LogP contribution in [0.4, 0.5) is 0 Å². The molecule has 4 aromatic rings. The number of benzene rings is 3. The maximum atomic E-state index is 2.46. The molecule has 5 rings (SSSR count). The molecule has 0 unspecified atom stereocenters. The summed E-state index contributed by atoms with van der Waals surface area (Å²) in [6.45, 7) is 11.5. The van der Waals surface area contributed by atoms with Gasteiger partial charge in [-0.3, -0.25) is 0 Å². The Bertz CT molecular complexity index is 1350. The molecular weight excluding hydrogens is 398 g/mol. The summed E-state index contributed by atoms with van der Waals surface area (Å²) in [5, 5.41) is 0. The Balaban J connectivity index is 1.74. The molecule has 1 aliphatic rings. The molecule has 166 valence electrons. The molecule has 0 amide bonds. The van der Waals surface area contributed by atoms with Gasteiger partial charge in [0.1, 0.15) is 7.05 Å². The van der Waals surface area contributed by atoms with Gasteiger partial charge in [0.2, 0.25) is 5.69 Å². The molecule has 0 saturated heterocycles. The van der Waals surface area contributed by atoms with E-state index in [4.69, 9.17) is 0 Å². The van der Waals surface area contributed by atoms with Crippen LogP contribution in [0.1, 0.15) is 48.6 Å². The van der Waals surface area contributed by atoms with Crippen LogP contribution in [0.2, 0.25) is 0 Å². The third-order valence-electron chi connectivity index (χ3n) is 6.94. The largest absolute Gasteiger partial charge is 0.213 e. The van der Waals surface area contributed by atoms with E-state index in [1.165, 1.54) is 61.3 Å². The first-order chi connectivity index (χ1) is 15.7. The van der Waals surface area contributed by atoms with Gasteiger partial charge in [0.25, 0.3) is 0 Å². The van der Waals surface area contributed by atoms with E-state index in [9.17, 15) is 0 Å². The van der Waals surface area contributed by atoms with Crippen LogP contribution in [-0.4, -0.2) is 0 Å². The number of hydrogen-bond acceptors (Lipinski definition) is 0. The molecule has 0 N–H and O–H groups in total. The predicted octanol–water partition coefficient (Wildman–Crippen LogP) is 7.62. The zero-order chi connectivity index (χ0) is 23.3. The summed E-state index contributed by atoms with van der Waals surface area (Å²) in [6.07, 6.45) is 4.40. The number of nitrogens with zero attached hydrogens (tertiary/aromatic N) is 1. The lowest BCUT2D eigenvalue weighted by atomic mass is 9.84. The van der Waals surface area contributed by atoms with E-state index < -0.39 is 0 Å². The van der Waals surface area contributed by atoms with Gasteiger partial charge in [-0.25, -0.2) is 4.57 Å². The number of pyridine rings is 1. The third-order valence-corrected chi connectivity index (χ3v) is 6.94. The fourth-order valence-electron chi connectivity index (χ4n) is 5.53. The maximum absolute atomic E-state index is 2.46. The fraction of sp³-hybridized carbons (Fsp3) is 0.281. The van der Waals surface area contributed by atoms with Crippen molar-refractivity contribution in [2.75, 3.05) is 0 Å². The van der Waals surface area contributed by atoms with Gasteiger partial charge in [-0.1, -0.05) is 81.4 Å². The van der Waals surface area contributed by atoms with Gasteiger partial charge in [0.15, 0.2) is 6.20 Å². The monoisotopic (exact) mass is 432 g/mol. The zero-order valence-electron chi connectivity index (χ0n) is 20.8. The highest BCUT2D eigenvalue weighted by Gasteiger charge is 2.29. The second-order valence-corrected chi connectivity index (χ2v) is 10.9. The number of fused-ring (bicyclic) bond motifs is 3. The quantitative estimate of drug-likeness (QED) is 0.258. The van der Waals surface area contributed by atoms with Crippen molar-refractivity contribution in [1.29, 1.82) is 0 Å². The standard InChI is InChI=1S/C32H34N/c1-21-11-10-14-24-17-27-26(30(21)24)16-15-22(2)31(27)29-18-25(19-32(3,4)5)28(20-33(29)6)23-12-8-7-9-13-23/h7-16,18,20H,17,19H2,1-6H3/q+1. The van der Waals surface area contributed by atoms with Crippen molar-refractivity contribution < 1.29 is 4.57 Å². The van der Waals surface area contributed by atoms with E-state index in [1.54, 1.807) is 0 Å². The Morgan fingerprint density at radius 1 is 0.788 bits per heavy atom. The Kier molecular flexibility index (Phi) is 5.24. The summed E-state index contributed by atoms with van der Waals surface area (Å²) in [5.41, 5.74) is 15.5. The second kappa shape index (κ2) is 7.99. The summed E-state index contributed by atoms with van der Waals surface area (Å²) in [4.78, 5) is 0. The minimum absolute atomic E-state index is 0.210. The second-order valence-electron chi connectivity index (χ2n) is 10.9. The first kappa shape index (κ1) is 21.6. The van der Waals surface area contributed by atoms with Crippen molar-refractivity contribution in [2.45, 2.75) is 47.5 Å². The number of hydrogen-bond donors (Lipinski definition) is 0. The minimum Gasteiger partial charge on any atom is -0.200 e. The highest BCUT2D eigenvalue weighted by atomic mass is 14.9. The van der Waals surface area contributed by atoms with Gasteiger partial charge < -0.3 is 0 Å². The Labute approximate surface area is 198 Å². The lowest BCUT2D eigenvalue weighted by Gasteiger charge is -2.21. The van der Waals surface area contributed by atoms with E-state index in [-0.39, 0.29) is 5.41 Å². The van der Waals surface area contributed by atoms with Crippen LogP contribution in [0.15, 0.2) is 72.9 Å². The van der Waals surface area contributed by atoms with E-state index in [2.05, 4.69) is 119 Å². The van der Waals surface area contributed by atoms with Crippen molar-refractivity contribution in [2.24, 2.45) is 12.5 Å². The van der Waals surface area contributed by atoms with Crippen LogP contribution in [0, 0.1) is 19.3 Å². The van der Waals surface area contributed by atoms with Gasteiger partial charge >= 0.3 is 0 Å². The van der Waals surface area contributed by atoms with Crippen molar-refractivity contribution in [3.8, 4) is 33.5 Å². The third kappa shape index (κ3) is 3.91. The first-order valence-electron chi connectivity index (χ1n) is 12.0. The van der Waals surface area contributed by atoms with Crippen LogP contribution >= 0.6 is 0 Å². The van der Waals surface area contributed by atoms with E-state index in [0.717, 1.165) is 12.8 Å². The zero-order valence-corrected chi connectivity index (χ0v) is 20.8. The van der Waals surface area contributed by atoms with Gasteiger partial charge in [-0.2, -0.15) is 0 Å². The topological polar surface area (TPSA) is 3.88 Å². The maximum Gasteiger partial charge on any atom is 0.213 e. The van der Waals surface area contributed by atoms with Gasteiger partial charge in [-0.05, 0) is 76.6 Å². The molecular formula is C32H34N+. The van der Waals surface area contributed by atoms with Gasteiger partial charge in [-0.15, -0.1) is 0 Å². The van der Waals surface area contributed by atoms with Gasteiger partial charge in [0.05, 0.1) is 5.56 Å². The molecule has 0 radical (unpaired) electrons. The van der Waals surface area contributed by atoms with Crippen LogP contribution in [0.3, 0.4) is 0 Å². The average Bonchev–Trinajstić information content (AvgIpc) is 3.14. The molecule has 0 spiro atoms. The Morgan fingerprint density at radius 3 is 2.24 bits per heavy atom. The van der Waals surface area contributed by atoms with Crippen LogP contribution < -0.4 is 4.57 Å². The molecule has 33 heavy (non-hydrogen) atoms. The summed E-state index contributed by atoms with van der Waals surface area (Å²) in [5.74, 6) is 0. The van der Waals surface area contributed by atoms with Crippen molar-refractivity contribution in [3.05, 3.63) is 101 Å². The molecule has 0 saturated carbocycles. The molecule has 1 aromatic heterocycles. The van der Waals surface area contributed by atoms with Crippen molar-refractivity contribution >= 4 is 0 Å². The average molecular weight is 433 g/mol. The molecule has 1 nitrogen and oxygen atoms in total. The van der Waals surface area contributed by atoms with Crippen molar-refractivity contribution in [3.63, 3.8) is 0 Å². The van der Waals surface area contributed by atoms with Crippen LogP contribution in [-0.2, 0) is 19.9 Å². The molecule has 0 atom stereocenters. The minimum atomic E-state index is 0.210. The highest BCUT2D eigenvalue weighted by molar-refractivity contribution is 5.86. The van der Waals surface area contributed by atoms with Gasteiger partial charge in [0, 0.05) is 11.6 Å². The normalized spacial score (nSPS) is 12.5. The Morgan fingerprint density at radius 2 is 1.52 bits per heavy atom. The van der Waals surface area contributed by atoms with E-state index >= 15 is 0 Å². The first-order valence-corrected chi connectivity index (χ1v) is 12.0. The SMILES string of the molecule is Cc1cccc2c1-c1ccc(C)c(-c3cc(CC(C)(C)C)c(-c4ccccc4)c[n+]3C)c1C2. The number of aromatic nitrogens is 1. The highest BCUT2D eigenvalue weighted by Crippen LogP contribution is 2.44. The van der Waals surface area contributed by atoms with Crippen LogP contribution in [0.25, 0.3) is 33.5 Å². The predicted molar refractivity (Wildman–Crippen MR) is 139 cm³/mol.